The van der Waals surface area contributed by atoms with Gasteiger partial charge in [0.1, 0.15) is 23.2 Å². The summed E-state index contributed by atoms with van der Waals surface area (Å²) in [4.78, 5) is 11.3. The van der Waals surface area contributed by atoms with E-state index < -0.39 is 0 Å². The van der Waals surface area contributed by atoms with E-state index in [1.54, 1.807) is 7.11 Å². The number of aliphatic hydroxyl groups excluding tert-OH is 1. The van der Waals surface area contributed by atoms with Gasteiger partial charge in [-0.05, 0) is 43.5 Å². The number of benzene rings is 1. The van der Waals surface area contributed by atoms with Gasteiger partial charge in [-0.3, -0.25) is 0 Å². The molecule has 2 N–H and O–H groups in total. The molecule has 0 amide bonds. The minimum Gasteiger partial charge on any atom is -0.497 e. The molecule has 1 aliphatic heterocycles. The van der Waals surface area contributed by atoms with Crippen LogP contribution in [-0.2, 0) is 13.0 Å². The van der Waals surface area contributed by atoms with E-state index >= 15 is 0 Å². The Morgan fingerprint density at radius 2 is 2.12 bits per heavy atom. The van der Waals surface area contributed by atoms with E-state index in [0.717, 1.165) is 42.7 Å². The fourth-order valence-electron chi connectivity index (χ4n) is 2.94. The van der Waals surface area contributed by atoms with Crippen molar-refractivity contribution < 1.29 is 9.84 Å². The number of fused-ring (bicyclic) bond motifs is 1. The highest BCUT2D eigenvalue weighted by Crippen LogP contribution is 2.27. The summed E-state index contributed by atoms with van der Waals surface area (Å²) < 4.78 is 5.31. The summed E-state index contributed by atoms with van der Waals surface area (Å²) >= 11 is 0. The molecule has 1 aromatic carbocycles. The molecule has 0 bridgehead atoms. The molecule has 0 aliphatic carbocycles. The van der Waals surface area contributed by atoms with Crippen molar-refractivity contribution in [3.63, 3.8) is 0 Å². The number of aromatic nitrogens is 2. The third-order valence-corrected chi connectivity index (χ3v) is 4.24. The second-order valence-corrected chi connectivity index (χ2v) is 6.19. The van der Waals surface area contributed by atoms with Crippen LogP contribution >= 0.6 is 0 Å². The number of anilines is 2. The van der Waals surface area contributed by atoms with Crippen molar-refractivity contribution in [2.75, 3.05) is 30.5 Å². The predicted molar refractivity (Wildman–Crippen MR) is 94.7 cm³/mol. The van der Waals surface area contributed by atoms with Gasteiger partial charge in [-0.2, -0.15) is 0 Å². The Kier molecular flexibility index (Phi) is 4.85. The molecule has 1 aliphatic rings. The molecule has 0 saturated carbocycles. The van der Waals surface area contributed by atoms with Crippen molar-refractivity contribution >= 4 is 11.6 Å². The SMILES string of the molecule is COc1ccc2c(c1)CCN(c1cc(N[C@@H](C)CO)nc(C)n1)C2. The molecule has 0 saturated heterocycles. The van der Waals surface area contributed by atoms with E-state index in [1.807, 2.05) is 26.0 Å². The van der Waals surface area contributed by atoms with Crippen LogP contribution in [0.4, 0.5) is 11.6 Å². The van der Waals surface area contributed by atoms with Gasteiger partial charge in [0.25, 0.3) is 0 Å². The number of aryl methyl sites for hydroxylation is 1. The van der Waals surface area contributed by atoms with E-state index in [4.69, 9.17) is 4.74 Å². The summed E-state index contributed by atoms with van der Waals surface area (Å²) in [7, 11) is 1.70. The molecule has 24 heavy (non-hydrogen) atoms. The second kappa shape index (κ2) is 7.05. The maximum absolute atomic E-state index is 9.21. The van der Waals surface area contributed by atoms with Crippen LogP contribution in [0.1, 0.15) is 23.9 Å². The van der Waals surface area contributed by atoms with Crippen LogP contribution in [0.25, 0.3) is 0 Å². The summed E-state index contributed by atoms with van der Waals surface area (Å²) in [5.41, 5.74) is 2.64. The van der Waals surface area contributed by atoms with Gasteiger partial charge in [-0.25, -0.2) is 9.97 Å². The van der Waals surface area contributed by atoms with Crippen LogP contribution in [0.3, 0.4) is 0 Å². The lowest BCUT2D eigenvalue weighted by Gasteiger charge is -2.30. The van der Waals surface area contributed by atoms with Crippen molar-refractivity contribution in [3.05, 3.63) is 41.2 Å². The maximum atomic E-state index is 9.21. The molecule has 2 heterocycles. The van der Waals surface area contributed by atoms with Gasteiger partial charge in [0.15, 0.2) is 0 Å². The zero-order valence-electron chi connectivity index (χ0n) is 14.4. The second-order valence-electron chi connectivity index (χ2n) is 6.19. The molecule has 6 nitrogen and oxygen atoms in total. The zero-order chi connectivity index (χ0) is 17.1. The van der Waals surface area contributed by atoms with Gasteiger partial charge in [0.05, 0.1) is 13.7 Å². The van der Waals surface area contributed by atoms with E-state index in [-0.39, 0.29) is 12.6 Å². The van der Waals surface area contributed by atoms with E-state index in [1.165, 1.54) is 11.1 Å². The summed E-state index contributed by atoms with van der Waals surface area (Å²) in [5.74, 6) is 3.29. The van der Waals surface area contributed by atoms with Crippen molar-refractivity contribution in [3.8, 4) is 5.75 Å². The van der Waals surface area contributed by atoms with E-state index in [0.29, 0.717) is 0 Å². The van der Waals surface area contributed by atoms with Gasteiger partial charge >= 0.3 is 0 Å². The summed E-state index contributed by atoms with van der Waals surface area (Å²) in [5, 5.41) is 12.4. The van der Waals surface area contributed by atoms with E-state index in [9.17, 15) is 5.11 Å². The highest BCUT2D eigenvalue weighted by Gasteiger charge is 2.19. The summed E-state index contributed by atoms with van der Waals surface area (Å²) in [6.07, 6.45) is 0.964. The van der Waals surface area contributed by atoms with Crippen LogP contribution in [0.5, 0.6) is 5.75 Å². The van der Waals surface area contributed by atoms with Crippen molar-refractivity contribution in [1.29, 1.82) is 0 Å². The van der Waals surface area contributed by atoms with Gasteiger partial charge in [0.2, 0.25) is 0 Å². The Labute approximate surface area is 142 Å². The van der Waals surface area contributed by atoms with Crippen molar-refractivity contribution in [2.45, 2.75) is 32.9 Å². The Balaban J connectivity index is 1.82. The van der Waals surface area contributed by atoms with Crippen molar-refractivity contribution in [2.24, 2.45) is 0 Å². The molecule has 6 heteroatoms. The average molecular weight is 328 g/mol. The first-order valence-corrected chi connectivity index (χ1v) is 8.23. The Morgan fingerprint density at radius 3 is 2.88 bits per heavy atom. The number of aliphatic hydroxyl groups is 1. The molecule has 0 fully saturated rings. The monoisotopic (exact) mass is 328 g/mol. The highest BCUT2D eigenvalue weighted by molar-refractivity contribution is 5.52. The molecule has 1 aromatic heterocycles. The lowest BCUT2D eigenvalue weighted by atomic mass is 9.99. The number of ether oxygens (including phenoxy) is 1. The van der Waals surface area contributed by atoms with E-state index in [2.05, 4.69) is 32.3 Å². The topological polar surface area (TPSA) is 70.5 Å². The summed E-state index contributed by atoms with van der Waals surface area (Å²) in [6, 6.07) is 8.16. The van der Waals surface area contributed by atoms with Crippen LogP contribution in [0, 0.1) is 6.92 Å². The zero-order valence-corrected chi connectivity index (χ0v) is 14.4. The number of rotatable bonds is 5. The smallest absolute Gasteiger partial charge is 0.134 e. The molecular formula is C18H24N4O2. The summed E-state index contributed by atoms with van der Waals surface area (Å²) in [6.45, 7) is 5.61. The molecule has 0 unspecified atom stereocenters. The van der Waals surface area contributed by atoms with Gasteiger partial charge in [-0.15, -0.1) is 0 Å². The molecule has 3 rings (SSSR count). The first-order valence-electron chi connectivity index (χ1n) is 8.23. The number of methoxy groups -OCH3 is 1. The fourth-order valence-corrected chi connectivity index (χ4v) is 2.94. The van der Waals surface area contributed by atoms with Gasteiger partial charge in [0, 0.05) is 25.2 Å². The predicted octanol–water partition coefficient (Wildman–Crippen LogP) is 2.15. The third kappa shape index (κ3) is 3.59. The van der Waals surface area contributed by atoms with Crippen LogP contribution in [0.2, 0.25) is 0 Å². The average Bonchev–Trinajstić information content (AvgIpc) is 2.60. The number of nitrogens with zero attached hydrogens (tertiary/aromatic N) is 3. The van der Waals surface area contributed by atoms with Crippen LogP contribution in [0.15, 0.2) is 24.3 Å². The third-order valence-electron chi connectivity index (χ3n) is 4.24. The van der Waals surface area contributed by atoms with Gasteiger partial charge < -0.3 is 20.1 Å². The van der Waals surface area contributed by atoms with Crippen LogP contribution in [-0.4, -0.2) is 41.4 Å². The lowest BCUT2D eigenvalue weighted by molar-refractivity contribution is 0.281. The Hall–Kier alpha value is -2.34. The molecule has 128 valence electrons. The lowest BCUT2D eigenvalue weighted by Crippen LogP contribution is -2.31. The van der Waals surface area contributed by atoms with Crippen molar-refractivity contribution in [1.82, 2.24) is 9.97 Å². The maximum Gasteiger partial charge on any atom is 0.134 e. The molecule has 0 spiro atoms. The molecule has 0 radical (unpaired) electrons. The fraction of sp³-hybridized carbons (Fsp3) is 0.444. The molecule has 2 aromatic rings. The minimum atomic E-state index is -0.0401. The number of hydrogen-bond acceptors (Lipinski definition) is 6. The quantitative estimate of drug-likeness (QED) is 0.876. The molecule has 1 atom stereocenters. The molecular weight excluding hydrogens is 304 g/mol. The van der Waals surface area contributed by atoms with Crippen LogP contribution < -0.4 is 15.0 Å². The van der Waals surface area contributed by atoms with Gasteiger partial charge in [-0.1, -0.05) is 6.07 Å². The largest absolute Gasteiger partial charge is 0.497 e. The number of nitrogens with one attached hydrogen (secondary N) is 1. The number of hydrogen-bond donors (Lipinski definition) is 2. The first-order chi connectivity index (χ1) is 11.6. The Bertz CT molecular complexity index is 720. The first kappa shape index (κ1) is 16.5. The highest BCUT2D eigenvalue weighted by atomic mass is 16.5. The Morgan fingerprint density at radius 1 is 1.29 bits per heavy atom. The minimum absolute atomic E-state index is 0.0401. The normalized spacial score (nSPS) is 14.9. The standard InChI is InChI=1S/C18H24N4O2/c1-12(11-23)19-17-9-18(21-13(2)20-17)22-7-6-14-8-16(24-3)5-4-15(14)10-22/h4-5,8-9,12,23H,6-7,10-11H2,1-3H3,(H,19,20,21)/t12-/m0/s1.